The molecule has 3 rings (SSSR count). The minimum atomic E-state index is -1.87. The van der Waals surface area contributed by atoms with Crippen LogP contribution in [-0.4, -0.2) is 72.3 Å². The van der Waals surface area contributed by atoms with Crippen LogP contribution in [0.15, 0.2) is 41.6 Å². The number of fused-ring (bicyclic) bond motifs is 1. The summed E-state index contributed by atoms with van der Waals surface area (Å²) >= 11 is 16.4. The summed E-state index contributed by atoms with van der Waals surface area (Å²) in [6.07, 6.45) is -1.10. The van der Waals surface area contributed by atoms with E-state index in [4.69, 9.17) is 39.5 Å². The van der Waals surface area contributed by atoms with Gasteiger partial charge in [0.05, 0.1) is 22.1 Å². The van der Waals surface area contributed by atoms with Crippen molar-refractivity contribution in [2.75, 3.05) is 19.0 Å². The number of carboxylic acids is 1. The third-order valence-corrected chi connectivity index (χ3v) is 6.42. The molecule has 0 bridgehead atoms. The van der Waals surface area contributed by atoms with Crippen molar-refractivity contribution in [3.05, 3.63) is 47.2 Å². The minimum Gasteiger partial charge on any atom is -0.477 e. The number of alkyl halides is 3. The smallest absolute Gasteiger partial charge is 0.408 e. The van der Waals surface area contributed by atoms with Gasteiger partial charge in [0.25, 0.3) is 5.91 Å². The van der Waals surface area contributed by atoms with E-state index in [2.05, 4.69) is 10.1 Å². The van der Waals surface area contributed by atoms with Crippen LogP contribution in [0.25, 0.3) is 0 Å². The van der Waals surface area contributed by atoms with Gasteiger partial charge in [-0.15, -0.1) is 0 Å². The van der Waals surface area contributed by atoms with E-state index >= 15 is 0 Å². The van der Waals surface area contributed by atoms with Crippen LogP contribution in [0.3, 0.4) is 0 Å². The summed E-state index contributed by atoms with van der Waals surface area (Å²) in [5, 5.41) is 10.7. The highest BCUT2D eigenvalue weighted by atomic mass is 35.6. The number of ether oxygens (including phenoxy) is 2. The zero-order valence-corrected chi connectivity index (χ0v) is 19.0. The number of carbonyl (C=O) groups excluding carboxylic acids is 3. The lowest BCUT2D eigenvalue weighted by atomic mass is 10.0. The molecule has 172 valence electrons. The number of nitrogens with zero attached hydrogens (tertiary/aromatic N) is 1. The minimum absolute atomic E-state index is 0.00180. The van der Waals surface area contributed by atoms with Gasteiger partial charge in [0.1, 0.15) is 30.3 Å². The van der Waals surface area contributed by atoms with Crippen LogP contribution in [0.5, 0.6) is 0 Å². The second-order valence-electron chi connectivity index (χ2n) is 6.64. The Morgan fingerprint density at radius 2 is 1.84 bits per heavy atom. The number of hydrogen-bond donors (Lipinski definition) is 2. The zero-order valence-electron chi connectivity index (χ0n) is 16.0. The van der Waals surface area contributed by atoms with Gasteiger partial charge < -0.3 is 19.9 Å². The third kappa shape index (κ3) is 5.34. The van der Waals surface area contributed by atoms with Gasteiger partial charge in [0.15, 0.2) is 0 Å². The van der Waals surface area contributed by atoms with E-state index in [1.807, 2.05) is 0 Å². The van der Waals surface area contributed by atoms with Crippen molar-refractivity contribution in [1.29, 1.82) is 0 Å². The van der Waals surface area contributed by atoms with Gasteiger partial charge in [0, 0.05) is 5.57 Å². The fraction of sp³-hybridized carbons (Fsp3) is 0.333. The number of carbonyl (C=O) groups is 4. The van der Waals surface area contributed by atoms with Crippen LogP contribution >= 0.6 is 34.8 Å². The van der Waals surface area contributed by atoms with Crippen molar-refractivity contribution in [3.8, 4) is 0 Å². The lowest BCUT2D eigenvalue weighted by molar-refractivity contribution is -0.149. The zero-order chi connectivity index (χ0) is 23.6. The molecular weight excluding hydrogens is 511 g/mol. The van der Waals surface area contributed by atoms with Gasteiger partial charge in [0.2, 0.25) is 3.79 Å². The van der Waals surface area contributed by atoms with Crippen molar-refractivity contribution >= 4 is 69.5 Å². The third-order valence-electron chi connectivity index (χ3n) is 4.43. The molecule has 32 heavy (non-hydrogen) atoms. The van der Waals surface area contributed by atoms with Crippen molar-refractivity contribution < 1.29 is 38.0 Å². The molecule has 1 aromatic rings. The Balaban J connectivity index is 1.72. The molecule has 3 atom stereocenters. The van der Waals surface area contributed by atoms with Gasteiger partial charge in [-0.1, -0.05) is 53.0 Å². The molecule has 14 heteroatoms. The number of carboxylic acid groups (broad SMARTS) is 1. The molecule has 2 N–H and O–H groups in total. The van der Waals surface area contributed by atoms with Crippen molar-refractivity contribution in [3.63, 3.8) is 0 Å². The molecule has 2 heterocycles. The molecule has 1 aromatic carbocycles. The number of halogens is 3. The summed E-state index contributed by atoms with van der Waals surface area (Å²) in [4.78, 5) is 49.1. The Hall–Kier alpha value is -2.34. The maximum Gasteiger partial charge on any atom is 0.408 e. The number of nitrogens with one attached hydrogen (secondary N) is 1. The van der Waals surface area contributed by atoms with Crippen LogP contribution < -0.4 is 5.32 Å². The summed E-state index contributed by atoms with van der Waals surface area (Å²) in [7, 11) is -1.80. The highest BCUT2D eigenvalue weighted by Gasteiger charge is 2.57. The summed E-state index contributed by atoms with van der Waals surface area (Å²) in [6, 6.07) is 6.70. The topological polar surface area (TPSA) is 139 Å². The number of rotatable bonds is 6. The largest absolute Gasteiger partial charge is 0.477 e. The monoisotopic (exact) mass is 524 g/mol. The molecule has 0 saturated carbocycles. The highest BCUT2D eigenvalue weighted by Crippen LogP contribution is 2.35. The summed E-state index contributed by atoms with van der Waals surface area (Å²) in [5.74, 6) is -3.28. The first-order valence-electron chi connectivity index (χ1n) is 8.87. The summed E-state index contributed by atoms with van der Waals surface area (Å²) in [5.41, 5.74) is -0.201. The Morgan fingerprint density at radius 3 is 2.44 bits per heavy atom. The van der Waals surface area contributed by atoms with Gasteiger partial charge in [-0.25, -0.2) is 14.4 Å². The Kier molecular flexibility index (Phi) is 7.33. The standard InChI is InChI=1S/C18H15Cl3N2O8S/c19-18(20,21)8-31-17(28)22-11-13(24)23-12(15(25)26)10(7-32(29)14(11)23)6-30-16(27)9-4-2-1-3-5-9/h1-5,11,14H,6-8H2,(H,22,28)(H,25,26)/t11?,14-,32?/m0/s1. The molecule has 1 fully saturated rings. The van der Waals surface area contributed by atoms with E-state index < -0.39 is 68.9 Å². The van der Waals surface area contributed by atoms with Crippen molar-refractivity contribution in [2.45, 2.75) is 15.2 Å². The SMILES string of the molecule is O=C(NC1C(=O)N2C(C(=O)O)=C(COC(=O)c3ccccc3)CS(=O)[C@@H]12)OCC(Cl)(Cl)Cl. The number of benzene rings is 1. The second kappa shape index (κ2) is 9.65. The van der Waals surface area contributed by atoms with Crippen LogP contribution in [0.4, 0.5) is 4.79 Å². The number of esters is 1. The summed E-state index contributed by atoms with van der Waals surface area (Å²) < 4.78 is 20.6. The molecule has 2 amide bonds. The first-order chi connectivity index (χ1) is 15.0. The Bertz CT molecular complexity index is 1010. The van der Waals surface area contributed by atoms with Crippen LogP contribution in [-0.2, 0) is 29.9 Å². The van der Waals surface area contributed by atoms with Gasteiger partial charge in [-0.05, 0) is 12.1 Å². The lowest BCUT2D eigenvalue weighted by Gasteiger charge is -2.48. The first-order valence-corrected chi connectivity index (χ1v) is 11.4. The lowest BCUT2D eigenvalue weighted by Crippen LogP contribution is -2.73. The van der Waals surface area contributed by atoms with Crippen LogP contribution in [0.1, 0.15) is 10.4 Å². The Morgan fingerprint density at radius 1 is 1.19 bits per heavy atom. The summed E-state index contributed by atoms with van der Waals surface area (Å²) in [6.45, 7) is -1.07. The van der Waals surface area contributed by atoms with Gasteiger partial charge in [-0.3, -0.25) is 13.9 Å². The maximum atomic E-state index is 12.7. The van der Waals surface area contributed by atoms with Crippen LogP contribution in [0, 0.1) is 0 Å². The van der Waals surface area contributed by atoms with E-state index in [0.29, 0.717) is 0 Å². The predicted molar refractivity (Wildman–Crippen MR) is 114 cm³/mol. The number of amides is 2. The van der Waals surface area contributed by atoms with E-state index in [9.17, 15) is 28.5 Å². The predicted octanol–water partition coefficient (Wildman–Crippen LogP) is 1.58. The van der Waals surface area contributed by atoms with E-state index in [1.54, 1.807) is 18.2 Å². The Labute approximate surface area is 198 Å². The molecular formula is C18H15Cl3N2O8S. The van der Waals surface area contributed by atoms with E-state index in [0.717, 1.165) is 4.90 Å². The fourth-order valence-electron chi connectivity index (χ4n) is 3.09. The molecule has 2 aliphatic rings. The van der Waals surface area contributed by atoms with Gasteiger partial charge >= 0.3 is 18.0 Å². The molecule has 2 aliphatic heterocycles. The van der Waals surface area contributed by atoms with Crippen LogP contribution in [0.2, 0.25) is 0 Å². The molecule has 0 spiro atoms. The molecule has 10 nitrogen and oxygen atoms in total. The quantitative estimate of drug-likeness (QED) is 0.324. The first kappa shape index (κ1) is 24.3. The van der Waals surface area contributed by atoms with Crippen molar-refractivity contribution in [2.24, 2.45) is 0 Å². The number of alkyl carbamates (subject to hydrolysis) is 1. The fourth-order valence-corrected chi connectivity index (χ4v) is 4.92. The molecule has 0 aromatic heterocycles. The highest BCUT2D eigenvalue weighted by molar-refractivity contribution is 7.86. The average Bonchev–Trinajstić information content (AvgIpc) is 2.73. The number of β-lactam (4-membered cyclic amide) rings is 1. The van der Waals surface area contributed by atoms with E-state index in [1.165, 1.54) is 12.1 Å². The molecule has 1 saturated heterocycles. The molecule has 0 radical (unpaired) electrons. The molecule has 2 unspecified atom stereocenters. The van der Waals surface area contributed by atoms with E-state index in [-0.39, 0.29) is 16.9 Å². The number of hydrogen-bond acceptors (Lipinski definition) is 7. The molecule has 0 aliphatic carbocycles. The maximum absolute atomic E-state index is 12.7. The van der Waals surface area contributed by atoms with Gasteiger partial charge in [-0.2, -0.15) is 0 Å². The second-order valence-corrected chi connectivity index (χ2v) is 10.7. The average molecular weight is 526 g/mol. The van der Waals surface area contributed by atoms with Crippen molar-refractivity contribution in [1.82, 2.24) is 10.2 Å². The number of aliphatic carboxylic acids is 1. The normalized spacial score (nSPS) is 22.5.